The molecule has 1 nitrogen and oxygen atoms in total. The van der Waals surface area contributed by atoms with Crippen LogP contribution in [0.25, 0.3) is 0 Å². The summed E-state index contributed by atoms with van der Waals surface area (Å²) in [4.78, 5) is 0.982. The molecule has 2 N–H and O–H groups in total. The summed E-state index contributed by atoms with van der Waals surface area (Å²) >= 11 is 19.5. The van der Waals surface area contributed by atoms with E-state index in [0.29, 0.717) is 26.5 Å². The lowest BCUT2D eigenvalue weighted by Gasteiger charge is -2.07. The molecule has 18 heavy (non-hydrogen) atoms. The van der Waals surface area contributed by atoms with Gasteiger partial charge in [-0.3, -0.25) is 0 Å². The van der Waals surface area contributed by atoms with Gasteiger partial charge < -0.3 is 5.73 Å². The van der Waals surface area contributed by atoms with Crippen molar-refractivity contribution < 1.29 is 0 Å². The number of hydrogen-bond donors (Lipinski definition) is 1. The molecule has 0 heterocycles. The standard InChI is InChI=1S/C13H10Cl3NS/c14-9-1-3-11(16)8(5-9)7-18-13-4-2-10(15)6-12(13)17/h1-6H,7,17H2. The van der Waals surface area contributed by atoms with Crippen LogP contribution in [0, 0.1) is 0 Å². The molecule has 0 atom stereocenters. The number of anilines is 1. The molecule has 0 spiro atoms. The Labute approximate surface area is 125 Å². The van der Waals surface area contributed by atoms with Crippen LogP contribution < -0.4 is 5.73 Å². The highest BCUT2D eigenvalue weighted by Gasteiger charge is 2.05. The second-order valence-corrected chi connectivity index (χ2v) is 6.00. The summed E-state index contributed by atoms with van der Waals surface area (Å²) in [6.45, 7) is 0. The summed E-state index contributed by atoms with van der Waals surface area (Å²) in [6.07, 6.45) is 0. The molecule has 0 bridgehead atoms. The van der Waals surface area contributed by atoms with Crippen molar-refractivity contribution in [1.29, 1.82) is 0 Å². The minimum atomic E-state index is 0.637. The average Bonchev–Trinajstić information content (AvgIpc) is 2.32. The minimum Gasteiger partial charge on any atom is -0.398 e. The second kappa shape index (κ2) is 6.07. The normalized spacial score (nSPS) is 10.6. The van der Waals surface area contributed by atoms with E-state index in [1.54, 1.807) is 30.0 Å². The van der Waals surface area contributed by atoms with Crippen LogP contribution in [-0.4, -0.2) is 0 Å². The Morgan fingerprint density at radius 2 is 1.61 bits per heavy atom. The highest BCUT2D eigenvalue weighted by Crippen LogP contribution is 2.32. The van der Waals surface area contributed by atoms with Crippen molar-refractivity contribution >= 4 is 52.3 Å². The Bertz CT molecular complexity index is 572. The summed E-state index contributed by atoms with van der Waals surface area (Å²) in [5.74, 6) is 0.714. The third kappa shape index (κ3) is 3.48. The molecule has 5 heteroatoms. The van der Waals surface area contributed by atoms with Gasteiger partial charge in [-0.1, -0.05) is 34.8 Å². The molecular formula is C13H10Cl3NS. The molecule has 0 saturated heterocycles. The van der Waals surface area contributed by atoms with Crippen LogP contribution in [0.3, 0.4) is 0 Å². The molecule has 0 unspecified atom stereocenters. The number of benzene rings is 2. The van der Waals surface area contributed by atoms with Crippen molar-refractivity contribution in [1.82, 2.24) is 0 Å². The number of halogens is 3. The molecule has 2 aromatic carbocycles. The lowest BCUT2D eigenvalue weighted by Crippen LogP contribution is -1.89. The van der Waals surface area contributed by atoms with E-state index >= 15 is 0 Å². The third-order valence-corrected chi connectivity index (χ3v) is 4.34. The Morgan fingerprint density at radius 1 is 0.944 bits per heavy atom. The van der Waals surface area contributed by atoms with Crippen LogP contribution in [0.5, 0.6) is 0 Å². The van der Waals surface area contributed by atoms with Crippen LogP contribution >= 0.6 is 46.6 Å². The number of rotatable bonds is 3. The van der Waals surface area contributed by atoms with Crippen LogP contribution in [0.15, 0.2) is 41.3 Å². The van der Waals surface area contributed by atoms with Gasteiger partial charge in [0.15, 0.2) is 0 Å². The van der Waals surface area contributed by atoms with E-state index in [1.165, 1.54) is 0 Å². The van der Waals surface area contributed by atoms with Crippen molar-refractivity contribution in [3.63, 3.8) is 0 Å². The quantitative estimate of drug-likeness (QED) is 0.595. The smallest absolute Gasteiger partial charge is 0.0467 e. The summed E-state index contributed by atoms with van der Waals surface area (Å²) < 4.78 is 0. The van der Waals surface area contributed by atoms with Gasteiger partial charge in [0.25, 0.3) is 0 Å². The third-order valence-electron chi connectivity index (χ3n) is 2.36. The molecule has 0 aliphatic rings. The SMILES string of the molecule is Nc1cc(Cl)ccc1SCc1cc(Cl)ccc1Cl. The van der Waals surface area contributed by atoms with Gasteiger partial charge in [-0.25, -0.2) is 0 Å². The maximum absolute atomic E-state index is 6.10. The lowest BCUT2D eigenvalue weighted by atomic mass is 10.2. The van der Waals surface area contributed by atoms with E-state index < -0.39 is 0 Å². The summed E-state index contributed by atoms with van der Waals surface area (Å²) in [5, 5.41) is 2.02. The van der Waals surface area contributed by atoms with Crippen LogP contribution in [-0.2, 0) is 5.75 Å². The van der Waals surface area contributed by atoms with E-state index in [9.17, 15) is 0 Å². The fourth-order valence-corrected chi connectivity index (χ4v) is 3.04. The Morgan fingerprint density at radius 3 is 2.33 bits per heavy atom. The first-order valence-corrected chi connectivity index (χ1v) is 7.30. The van der Waals surface area contributed by atoms with E-state index in [4.69, 9.17) is 40.5 Å². The van der Waals surface area contributed by atoms with Gasteiger partial charge in [0.1, 0.15) is 0 Å². The predicted octanol–water partition coefficient (Wildman–Crippen LogP) is 5.52. The van der Waals surface area contributed by atoms with Crippen molar-refractivity contribution in [3.8, 4) is 0 Å². The van der Waals surface area contributed by atoms with E-state index in [-0.39, 0.29) is 0 Å². The van der Waals surface area contributed by atoms with Gasteiger partial charge in [-0.15, -0.1) is 11.8 Å². The van der Waals surface area contributed by atoms with Gasteiger partial charge in [0, 0.05) is 31.4 Å². The molecule has 0 amide bonds. The summed E-state index contributed by atoms with van der Waals surface area (Å²) in [5.41, 5.74) is 7.55. The average molecular weight is 319 g/mol. The monoisotopic (exact) mass is 317 g/mol. The first-order valence-electron chi connectivity index (χ1n) is 5.18. The first kappa shape index (κ1) is 13.9. The number of thioether (sulfide) groups is 1. The molecule has 94 valence electrons. The van der Waals surface area contributed by atoms with Crippen LogP contribution in [0.2, 0.25) is 15.1 Å². The highest BCUT2D eigenvalue weighted by molar-refractivity contribution is 7.98. The maximum Gasteiger partial charge on any atom is 0.0467 e. The summed E-state index contributed by atoms with van der Waals surface area (Å²) in [6, 6.07) is 10.9. The number of nitrogens with two attached hydrogens (primary N) is 1. The van der Waals surface area contributed by atoms with Crippen molar-refractivity contribution in [2.45, 2.75) is 10.6 Å². The van der Waals surface area contributed by atoms with Gasteiger partial charge in [-0.2, -0.15) is 0 Å². The zero-order valence-corrected chi connectivity index (χ0v) is 12.4. The molecule has 2 aromatic rings. The van der Waals surface area contributed by atoms with Gasteiger partial charge in [-0.05, 0) is 42.0 Å². The fourth-order valence-electron chi connectivity index (χ4n) is 1.46. The molecule has 0 aliphatic heterocycles. The summed E-state index contributed by atoms with van der Waals surface area (Å²) in [7, 11) is 0. The molecule has 2 rings (SSSR count). The molecule has 0 aliphatic carbocycles. The highest BCUT2D eigenvalue weighted by atomic mass is 35.5. The van der Waals surface area contributed by atoms with Crippen molar-refractivity contribution in [2.75, 3.05) is 5.73 Å². The topological polar surface area (TPSA) is 26.0 Å². The van der Waals surface area contributed by atoms with Gasteiger partial charge >= 0.3 is 0 Å². The van der Waals surface area contributed by atoms with Crippen molar-refractivity contribution in [2.24, 2.45) is 0 Å². The van der Waals surface area contributed by atoms with E-state index in [1.807, 2.05) is 18.2 Å². The zero-order chi connectivity index (χ0) is 13.1. The van der Waals surface area contributed by atoms with E-state index in [2.05, 4.69) is 0 Å². The predicted molar refractivity (Wildman–Crippen MR) is 81.9 cm³/mol. The zero-order valence-electron chi connectivity index (χ0n) is 9.29. The molecule has 0 fully saturated rings. The first-order chi connectivity index (χ1) is 8.56. The molecular weight excluding hydrogens is 309 g/mol. The van der Waals surface area contributed by atoms with Crippen LogP contribution in [0.1, 0.15) is 5.56 Å². The maximum atomic E-state index is 6.10. The Balaban J connectivity index is 2.13. The molecule has 0 radical (unpaired) electrons. The number of hydrogen-bond acceptors (Lipinski definition) is 2. The van der Waals surface area contributed by atoms with Crippen molar-refractivity contribution in [3.05, 3.63) is 57.0 Å². The molecule has 0 saturated carbocycles. The Kier molecular flexibility index (Phi) is 4.68. The largest absolute Gasteiger partial charge is 0.398 e. The van der Waals surface area contributed by atoms with Gasteiger partial charge in [0.05, 0.1) is 0 Å². The van der Waals surface area contributed by atoms with Crippen LogP contribution in [0.4, 0.5) is 5.69 Å². The number of nitrogen functional groups attached to an aromatic ring is 1. The fraction of sp³-hybridized carbons (Fsp3) is 0.0769. The molecule has 0 aromatic heterocycles. The lowest BCUT2D eigenvalue weighted by molar-refractivity contribution is 1.38. The van der Waals surface area contributed by atoms with E-state index in [0.717, 1.165) is 10.5 Å². The van der Waals surface area contributed by atoms with Gasteiger partial charge in [0.2, 0.25) is 0 Å². The minimum absolute atomic E-state index is 0.637. The second-order valence-electron chi connectivity index (χ2n) is 3.71. The Hall–Kier alpha value is -0.540.